The molecule has 1 aromatic carbocycles. The van der Waals surface area contributed by atoms with Crippen molar-refractivity contribution in [1.29, 1.82) is 0 Å². The molecule has 1 amide bonds. The number of carbonyl (C=O) groups excluding carboxylic acids is 2. The highest BCUT2D eigenvalue weighted by Crippen LogP contribution is 2.15. The van der Waals surface area contributed by atoms with Crippen LogP contribution in [0.4, 0.5) is 0 Å². The van der Waals surface area contributed by atoms with Gasteiger partial charge in [0, 0.05) is 13.6 Å². The molecule has 128 valence electrons. The van der Waals surface area contributed by atoms with Gasteiger partial charge in [-0.25, -0.2) is 8.42 Å². The molecule has 1 atom stereocenters. The number of rotatable bonds is 7. The lowest BCUT2D eigenvalue weighted by Crippen LogP contribution is -2.39. The minimum absolute atomic E-state index is 0.0928. The number of ether oxygens (including phenoxy) is 1. The molecule has 0 spiro atoms. The van der Waals surface area contributed by atoms with E-state index in [0.717, 1.165) is 9.87 Å². The molecule has 0 unspecified atom stereocenters. The summed E-state index contributed by atoms with van der Waals surface area (Å²) in [7, 11) is -2.50. The van der Waals surface area contributed by atoms with Crippen LogP contribution in [0.1, 0.15) is 19.4 Å². The van der Waals surface area contributed by atoms with Crippen LogP contribution in [0.5, 0.6) is 0 Å². The van der Waals surface area contributed by atoms with Gasteiger partial charge in [0.05, 0.1) is 4.90 Å². The van der Waals surface area contributed by atoms with Crippen LogP contribution in [0.15, 0.2) is 29.2 Å². The highest BCUT2D eigenvalue weighted by Gasteiger charge is 2.25. The Morgan fingerprint density at radius 1 is 1.26 bits per heavy atom. The summed E-state index contributed by atoms with van der Waals surface area (Å²) in [6.07, 6.45) is -0.974. The number of hydrogen-bond donors (Lipinski definition) is 1. The molecular weight excluding hydrogens is 320 g/mol. The van der Waals surface area contributed by atoms with E-state index in [1.165, 1.54) is 26.1 Å². The molecule has 1 rings (SSSR count). The Morgan fingerprint density at radius 2 is 1.83 bits per heavy atom. The Kier molecular flexibility index (Phi) is 6.71. The third kappa shape index (κ3) is 5.33. The Hall–Kier alpha value is -1.93. The molecule has 8 heteroatoms. The van der Waals surface area contributed by atoms with Gasteiger partial charge in [0.2, 0.25) is 10.0 Å². The fourth-order valence-corrected chi connectivity index (χ4v) is 2.88. The van der Waals surface area contributed by atoms with Gasteiger partial charge in [0.1, 0.15) is 6.54 Å². The molecule has 0 aliphatic carbocycles. The zero-order valence-electron chi connectivity index (χ0n) is 13.7. The first-order valence-corrected chi connectivity index (χ1v) is 8.62. The van der Waals surface area contributed by atoms with Crippen LogP contribution in [0.3, 0.4) is 0 Å². The number of aryl methyl sites for hydroxylation is 1. The van der Waals surface area contributed by atoms with E-state index >= 15 is 0 Å². The molecule has 0 aromatic heterocycles. The lowest BCUT2D eigenvalue weighted by Gasteiger charge is -2.18. The molecule has 0 radical (unpaired) electrons. The number of hydrogen-bond acceptors (Lipinski definition) is 5. The average molecular weight is 342 g/mol. The summed E-state index contributed by atoms with van der Waals surface area (Å²) in [4.78, 5) is 23.4. The van der Waals surface area contributed by atoms with Gasteiger partial charge >= 0.3 is 5.97 Å². The Balaban J connectivity index is 2.70. The van der Waals surface area contributed by atoms with Crippen molar-refractivity contribution in [3.8, 4) is 0 Å². The quantitative estimate of drug-likeness (QED) is 0.736. The summed E-state index contributed by atoms with van der Waals surface area (Å²) in [5.74, 6) is -1.22. The first-order chi connectivity index (χ1) is 10.7. The second kappa shape index (κ2) is 8.07. The van der Waals surface area contributed by atoms with Crippen LogP contribution in [0, 0.1) is 6.92 Å². The summed E-state index contributed by atoms with van der Waals surface area (Å²) >= 11 is 0. The molecule has 0 aliphatic rings. The number of amides is 1. The van der Waals surface area contributed by atoms with Crippen molar-refractivity contribution in [2.45, 2.75) is 31.8 Å². The maximum Gasteiger partial charge on any atom is 0.322 e. The summed E-state index contributed by atoms with van der Waals surface area (Å²) in [5, 5.41) is 2.52. The number of carbonyl (C=O) groups is 2. The maximum atomic E-state index is 12.3. The zero-order chi connectivity index (χ0) is 17.6. The molecule has 23 heavy (non-hydrogen) atoms. The van der Waals surface area contributed by atoms with Gasteiger partial charge in [-0.2, -0.15) is 4.31 Å². The predicted octanol–water partition coefficient (Wildman–Crippen LogP) is 0.683. The van der Waals surface area contributed by atoms with Crippen molar-refractivity contribution in [2.75, 3.05) is 20.1 Å². The van der Waals surface area contributed by atoms with Crippen molar-refractivity contribution in [3.63, 3.8) is 0 Å². The van der Waals surface area contributed by atoms with Crippen molar-refractivity contribution in [1.82, 2.24) is 9.62 Å². The van der Waals surface area contributed by atoms with Gasteiger partial charge in [-0.1, -0.05) is 17.7 Å². The van der Waals surface area contributed by atoms with E-state index in [0.29, 0.717) is 6.54 Å². The largest absolute Gasteiger partial charge is 0.452 e. The molecule has 1 aromatic rings. The van der Waals surface area contributed by atoms with E-state index in [1.807, 2.05) is 6.92 Å². The lowest BCUT2D eigenvalue weighted by atomic mass is 10.2. The first kappa shape index (κ1) is 19.1. The predicted molar refractivity (Wildman–Crippen MR) is 85.2 cm³/mol. The molecule has 0 aliphatic heterocycles. The lowest BCUT2D eigenvalue weighted by molar-refractivity contribution is -0.154. The fourth-order valence-electron chi connectivity index (χ4n) is 1.76. The molecule has 0 fully saturated rings. The Bertz CT molecular complexity index is 655. The maximum absolute atomic E-state index is 12.3. The van der Waals surface area contributed by atoms with E-state index in [1.54, 1.807) is 19.1 Å². The summed E-state index contributed by atoms with van der Waals surface area (Å²) in [6, 6.07) is 6.31. The van der Waals surface area contributed by atoms with Gasteiger partial charge < -0.3 is 10.1 Å². The van der Waals surface area contributed by atoms with Gasteiger partial charge in [0.15, 0.2) is 6.10 Å². The van der Waals surface area contributed by atoms with E-state index in [2.05, 4.69) is 5.32 Å². The third-order valence-corrected chi connectivity index (χ3v) is 4.93. The number of likely N-dealkylation sites (N-methyl/N-ethyl adjacent to an activating group) is 2. The van der Waals surface area contributed by atoms with Gasteiger partial charge in [-0.15, -0.1) is 0 Å². The minimum Gasteiger partial charge on any atom is -0.452 e. The molecule has 0 bridgehead atoms. The van der Waals surface area contributed by atoms with Crippen LogP contribution in [0.25, 0.3) is 0 Å². The number of nitrogens with zero attached hydrogens (tertiary/aromatic N) is 1. The molecule has 1 N–H and O–H groups in total. The van der Waals surface area contributed by atoms with Gasteiger partial charge in [-0.3, -0.25) is 9.59 Å². The number of esters is 1. The highest BCUT2D eigenvalue weighted by atomic mass is 32.2. The van der Waals surface area contributed by atoms with Crippen LogP contribution in [0.2, 0.25) is 0 Å². The smallest absolute Gasteiger partial charge is 0.322 e. The minimum atomic E-state index is -3.79. The van der Waals surface area contributed by atoms with Crippen molar-refractivity contribution >= 4 is 21.9 Å². The van der Waals surface area contributed by atoms with Crippen LogP contribution < -0.4 is 5.32 Å². The Morgan fingerprint density at radius 3 is 2.35 bits per heavy atom. The van der Waals surface area contributed by atoms with Gasteiger partial charge in [0.25, 0.3) is 5.91 Å². The molecular formula is C15H22N2O5S. The monoisotopic (exact) mass is 342 g/mol. The summed E-state index contributed by atoms with van der Waals surface area (Å²) in [5.41, 5.74) is 0.932. The number of benzene rings is 1. The van der Waals surface area contributed by atoms with Crippen LogP contribution in [-0.4, -0.2) is 50.8 Å². The second-order valence-electron chi connectivity index (χ2n) is 5.10. The fraction of sp³-hybridized carbons (Fsp3) is 0.467. The van der Waals surface area contributed by atoms with E-state index in [-0.39, 0.29) is 4.90 Å². The Labute approximate surface area is 136 Å². The first-order valence-electron chi connectivity index (χ1n) is 7.18. The molecule has 0 heterocycles. The summed E-state index contributed by atoms with van der Waals surface area (Å²) < 4.78 is 30.5. The van der Waals surface area contributed by atoms with Crippen LogP contribution >= 0.6 is 0 Å². The second-order valence-corrected chi connectivity index (χ2v) is 7.15. The average Bonchev–Trinajstić information content (AvgIpc) is 2.47. The van der Waals surface area contributed by atoms with E-state index in [4.69, 9.17) is 4.74 Å². The molecule has 7 nitrogen and oxygen atoms in total. The van der Waals surface area contributed by atoms with Gasteiger partial charge in [-0.05, 0) is 32.9 Å². The highest BCUT2D eigenvalue weighted by molar-refractivity contribution is 7.89. The van der Waals surface area contributed by atoms with Crippen molar-refractivity contribution in [3.05, 3.63) is 29.8 Å². The topological polar surface area (TPSA) is 92.8 Å². The normalized spacial score (nSPS) is 12.7. The van der Waals surface area contributed by atoms with Crippen LogP contribution in [-0.2, 0) is 24.3 Å². The van der Waals surface area contributed by atoms with Crippen molar-refractivity contribution in [2.24, 2.45) is 0 Å². The van der Waals surface area contributed by atoms with E-state index in [9.17, 15) is 18.0 Å². The zero-order valence-corrected chi connectivity index (χ0v) is 14.5. The number of sulfonamides is 1. The molecule has 0 saturated carbocycles. The van der Waals surface area contributed by atoms with E-state index < -0.39 is 34.5 Å². The molecule has 0 saturated heterocycles. The summed E-state index contributed by atoms with van der Waals surface area (Å²) in [6.45, 7) is 4.97. The standard InChI is InChI=1S/C15H22N2O5S/c1-5-16-15(19)12(3)22-14(18)10-17(4)23(20,21)13-8-6-11(2)7-9-13/h6-9,12H,5,10H2,1-4H3,(H,16,19)/t12-/m1/s1. The number of nitrogens with one attached hydrogen (secondary N) is 1. The third-order valence-electron chi connectivity index (χ3n) is 3.11. The van der Waals surface area contributed by atoms with Crippen molar-refractivity contribution < 1.29 is 22.7 Å². The SMILES string of the molecule is CCNC(=O)[C@@H](C)OC(=O)CN(C)S(=O)(=O)c1ccc(C)cc1.